The van der Waals surface area contributed by atoms with Gasteiger partial charge in [0.25, 0.3) is 0 Å². The van der Waals surface area contributed by atoms with Crippen LogP contribution in [0.5, 0.6) is 5.75 Å². The lowest BCUT2D eigenvalue weighted by Gasteiger charge is -2.24. The SMILES string of the molecule is C#CC(NC(N)=NC1CCOc2ccccc21)C(C)C. The fourth-order valence-electron chi connectivity index (χ4n) is 2.22. The first-order valence-electron chi connectivity index (χ1n) is 6.89. The van der Waals surface area contributed by atoms with Gasteiger partial charge in [0.1, 0.15) is 5.75 Å². The number of terminal acetylenes is 1. The fraction of sp³-hybridized carbons (Fsp3) is 0.438. The zero-order valence-corrected chi connectivity index (χ0v) is 12.0. The molecular weight excluding hydrogens is 250 g/mol. The first-order chi connectivity index (χ1) is 9.61. The van der Waals surface area contributed by atoms with E-state index in [2.05, 4.69) is 30.1 Å². The molecule has 0 aliphatic carbocycles. The molecule has 2 atom stereocenters. The number of nitrogens with two attached hydrogens (primary N) is 1. The average molecular weight is 271 g/mol. The summed E-state index contributed by atoms with van der Waals surface area (Å²) in [6, 6.07) is 7.85. The molecule has 1 aliphatic rings. The van der Waals surface area contributed by atoms with Crippen LogP contribution in [0.3, 0.4) is 0 Å². The van der Waals surface area contributed by atoms with Gasteiger partial charge in [-0.2, -0.15) is 0 Å². The summed E-state index contributed by atoms with van der Waals surface area (Å²) >= 11 is 0. The molecule has 0 radical (unpaired) electrons. The number of ether oxygens (including phenoxy) is 1. The minimum atomic E-state index is -0.103. The molecule has 0 fully saturated rings. The molecule has 1 aromatic rings. The Kier molecular flexibility index (Phi) is 4.52. The van der Waals surface area contributed by atoms with Crippen LogP contribution < -0.4 is 15.8 Å². The van der Waals surface area contributed by atoms with Crippen LogP contribution in [0, 0.1) is 18.3 Å². The van der Waals surface area contributed by atoms with Gasteiger partial charge in [-0.05, 0) is 12.0 Å². The Bertz CT molecular complexity index is 531. The molecule has 1 heterocycles. The van der Waals surface area contributed by atoms with Crippen LogP contribution in [0.15, 0.2) is 29.3 Å². The van der Waals surface area contributed by atoms with Crippen LogP contribution in [0.4, 0.5) is 0 Å². The van der Waals surface area contributed by atoms with E-state index in [-0.39, 0.29) is 12.1 Å². The van der Waals surface area contributed by atoms with Gasteiger partial charge in [0.2, 0.25) is 0 Å². The van der Waals surface area contributed by atoms with Crippen molar-refractivity contribution in [3.05, 3.63) is 29.8 Å². The molecule has 4 nitrogen and oxygen atoms in total. The van der Waals surface area contributed by atoms with E-state index in [1.807, 2.05) is 24.3 Å². The molecule has 1 aromatic carbocycles. The van der Waals surface area contributed by atoms with Gasteiger partial charge >= 0.3 is 0 Å². The zero-order chi connectivity index (χ0) is 14.5. The van der Waals surface area contributed by atoms with Crippen molar-refractivity contribution in [1.82, 2.24) is 5.32 Å². The second-order valence-corrected chi connectivity index (χ2v) is 5.24. The van der Waals surface area contributed by atoms with Crippen LogP contribution in [-0.2, 0) is 0 Å². The van der Waals surface area contributed by atoms with Crippen molar-refractivity contribution >= 4 is 5.96 Å². The molecule has 2 unspecified atom stereocenters. The number of fused-ring (bicyclic) bond motifs is 1. The summed E-state index contributed by atoms with van der Waals surface area (Å²) in [5, 5.41) is 3.10. The normalized spacial score (nSPS) is 19.7. The molecule has 3 N–H and O–H groups in total. The number of aliphatic imine (C=N–C) groups is 1. The molecule has 0 saturated carbocycles. The molecule has 0 amide bonds. The lowest BCUT2D eigenvalue weighted by atomic mass is 10.0. The third-order valence-corrected chi connectivity index (χ3v) is 3.37. The summed E-state index contributed by atoms with van der Waals surface area (Å²) in [6.07, 6.45) is 6.31. The van der Waals surface area contributed by atoms with Gasteiger partial charge < -0.3 is 15.8 Å². The van der Waals surface area contributed by atoms with Crippen LogP contribution in [0.1, 0.15) is 31.9 Å². The number of hydrogen-bond acceptors (Lipinski definition) is 2. The minimum Gasteiger partial charge on any atom is -0.493 e. The number of para-hydroxylation sites is 1. The molecule has 0 bridgehead atoms. The van der Waals surface area contributed by atoms with Crippen LogP contribution in [0.2, 0.25) is 0 Å². The Morgan fingerprint density at radius 3 is 2.95 bits per heavy atom. The lowest BCUT2D eigenvalue weighted by Crippen LogP contribution is -2.42. The van der Waals surface area contributed by atoms with Crippen molar-refractivity contribution in [1.29, 1.82) is 0 Å². The number of nitrogens with zero attached hydrogens (tertiary/aromatic N) is 1. The minimum absolute atomic E-state index is 0.0260. The number of guanidine groups is 1. The Hall–Kier alpha value is -2.15. The second-order valence-electron chi connectivity index (χ2n) is 5.24. The third kappa shape index (κ3) is 3.24. The standard InChI is InChI=1S/C16H21N3O/c1-4-13(11(2)3)18-16(17)19-14-9-10-20-15-8-6-5-7-12(14)15/h1,5-8,11,13-14H,9-10H2,2-3H3,(H3,17,18,19). The highest BCUT2D eigenvalue weighted by Crippen LogP contribution is 2.33. The van der Waals surface area contributed by atoms with Gasteiger partial charge in [-0.1, -0.05) is 38.0 Å². The molecule has 0 saturated heterocycles. The summed E-state index contributed by atoms with van der Waals surface area (Å²) in [6.45, 7) is 4.75. The van der Waals surface area contributed by atoms with Crippen molar-refractivity contribution < 1.29 is 4.74 Å². The first kappa shape index (κ1) is 14.3. The third-order valence-electron chi connectivity index (χ3n) is 3.37. The van der Waals surface area contributed by atoms with E-state index < -0.39 is 0 Å². The molecule has 2 rings (SSSR count). The topological polar surface area (TPSA) is 59.6 Å². The zero-order valence-electron chi connectivity index (χ0n) is 12.0. The van der Waals surface area contributed by atoms with E-state index >= 15 is 0 Å². The number of benzene rings is 1. The molecule has 0 aromatic heterocycles. The summed E-state index contributed by atoms with van der Waals surface area (Å²) in [4.78, 5) is 4.56. The second kappa shape index (κ2) is 6.33. The van der Waals surface area contributed by atoms with Gasteiger partial charge in [0.15, 0.2) is 5.96 Å². The Morgan fingerprint density at radius 2 is 2.25 bits per heavy atom. The summed E-state index contributed by atoms with van der Waals surface area (Å²) in [5.74, 6) is 4.27. The predicted molar refractivity (Wildman–Crippen MR) is 81.5 cm³/mol. The Labute approximate surface area is 120 Å². The Balaban J connectivity index is 2.13. The van der Waals surface area contributed by atoms with E-state index in [9.17, 15) is 0 Å². The van der Waals surface area contributed by atoms with Crippen molar-refractivity contribution in [2.75, 3.05) is 6.61 Å². The highest BCUT2D eigenvalue weighted by molar-refractivity contribution is 5.79. The molecule has 0 spiro atoms. The van der Waals surface area contributed by atoms with E-state index in [1.54, 1.807) is 0 Å². The van der Waals surface area contributed by atoms with Gasteiger partial charge in [-0.3, -0.25) is 0 Å². The highest BCUT2D eigenvalue weighted by Gasteiger charge is 2.21. The van der Waals surface area contributed by atoms with E-state index in [1.165, 1.54) is 0 Å². The fourth-order valence-corrected chi connectivity index (χ4v) is 2.22. The van der Waals surface area contributed by atoms with E-state index in [0.717, 1.165) is 17.7 Å². The molecule has 106 valence electrons. The quantitative estimate of drug-likeness (QED) is 0.502. The monoisotopic (exact) mass is 271 g/mol. The number of hydrogen-bond donors (Lipinski definition) is 2. The maximum atomic E-state index is 5.98. The summed E-state index contributed by atoms with van der Waals surface area (Å²) < 4.78 is 5.61. The van der Waals surface area contributed by atoms with Gasteiger partial charge in [-0.15, -0.1) is 6.42 Å². The van der Waals surface area contributed by atoms with Gasteiger partial charge in [0.05, 0.1) is 18.7 Å². The largest absolute Gasteiger partial charge is 0.493 e. The highest BCUT2D eigenvalue weighted by atomic mass is 16.5. The number of rotatable bonds is 3. The molecule has 20 heavy (non-hydrogen) atoms. The van der Waals surface area contributed by atoms with Gasteiger partial charge in [-0.25, -0.2) is 4.99 Å². The van der Waals surface area contributed by atoms with Crippen LogP contribution >= 0.6 is 0 Å². The lowest BCUT2D eigenvalue weighted by molar-refractivity contribution is 0.269. The summed E-state index contributed by atoms with van der Waals surface area (Å²) in [5.41, 5.74) is 7.05. The summed E-state index contributed by atoms with van der Waals surface area (Å²) in [7, 11) is 0. The average Bonchev–Trinajstić information content (AvgIpc) is 2.45. The molecular formula is C16H21N3O. The molecule has 4 heteroatoms. The van der Waals surface area contributed by atoms with E-state index in [0.29, 0.717) is 18.5 Å². The Morgan fingerprint density at radius 1 is 1.50 bits per heavy atom. The van der Waals surface area contributed by atoms with Crippen LogP contribution in [0.25, 0.3) is 0 Å². The van der Waals surface area contributed by atoms with Crippen molar-refractivity contribution in [3.8, 4) is 18.1 Å². The maximum absolute atomic E-state index is 5.98. The van der Waals surface area contributed by atoms with Crippen molar-refractivity contribution in [2.45, 2.75) is 32.4 Å². The maximum Gasteiger partial charge on any atom is 0.190 e. The van der Waals surface area contributed by atoms with Crippen molar-refractivity contribution in [3.63, 3.8) is 0 Å². The smallest absolute Gasteiger partial charge is 0.190 e. The van der Waals surface area contributed by atoms with E-state index in [4.69, 9.17) is 16.9 Å². The molecule has 1 aliphatic heterocycles. The van der Waals surface area contributed by atoms with Gasteiger partial charge in [0, 0.05) is 12.0 Å². The predicted octanol–water partition coefficient (Wildman–Crippen LogP) is 2.07. The number of nitrogens with one attached hydrogen (secondary N) is 1. The van der Waals surface area contributed by atoms with Crippen molar-refractivity contribution in [2.24, 2.45) is 16.6 Å². The van der Waals surface area contributed by atoms with Crippen LogP contribution in [-0.4, -0.2) is 18.6 Å². The first-order valence-corrected chi connectivity index (χ1v) is 6.89.